The minimum absolute atomic E-state index is 0.232. The van der Waals surface area contributed by atoms with Crippen LogP contribution in [0.1, 0.15) is 22.3 Å². The Kier molecular flexibility index (Phi) is 12.6. The Morgan fingerprint density at radius 3 is 2.44 bits per heavy atom. The van der Waals surface area contributed by atoms with Crippen LogP contribution in [0.5, 0.6) is 0 Å². The van der Waals surface area contributed by atoms with Crippen molar-refractivity contribution in [3.8, 4) is 0 Å². The van der Waals surface area contributed by atoms with E-state index in [9.17, 15) is 9.18 Å². The van der Waals surface area contributed by atoms with Crippen LogP contribution in [0.15, 0.2) is 67.3 Å². The van der Waals surface area contributed by atoms with E-state index >= 15 is 0 Å². The van der Waals surface area contributed by atoms with Crippen LogP contribution in [0.4, 0.5) is 27.9 Å². The predicted octanol–water partition coefficient (Wildman–Crippen LogP) is 2.79. The third kappa shape index (κ3) is 11.3. The molecule has 0 saturated heterocycles. The van der Waals surface area contributed by atoms with Crippen LogP contribution in [0, 0.1) is 5.82 Å². The van der Waals surface area contributed by atoms with Crippen molar-refractivity contribution in [2.24, 2.45) is 5.73 Å². The molecule has 0 aliphatic heterocycles. The lowest BCUT2D eigenvalue weighted by atomic mass is 10.2. The van der Waals surface area contributed by atoms with Gasteiger partial charge in [0, 0.05) is 56.4 Å². The van der Waals surface area contributed by atoms with E-state index in [1.54, 1.807) is 42.9 Å². The Hall–Kier alpha value is -4.66. The lowest BCUT2D eigenvalue weighted by molar-refractivity contribution is 0.0511. The van der Waals surface area contributed by atoms with Crippen LogP contribution in [-0.4, -0.2) is 76.5 Å². The van der Waals surface area contributed by atoms with Gasteiger partial charge in [0.05, 0.1) is 32.8 Å². The van der Waals surface area contributed by atoms with Gasteiger partial charge < -0.3 is 41.0 Å². The zero-order valence-corrected chi connectivity index (χ0v) is 23.8. The lowest BCUT2D eigenvalue weighted by Gasteiger charge is -2.12. The molecule has 2 aromatic heterocycles. The maximum atomic E-state index is 13.3. The third-order valence-electron chi connectivity index (χ3n) is 5.98. The summed E-state index contributed by atoms with van der Waals surface area (Å²) < 4.78 is 26.0. The molecule has 2 aromatic carbocycles. The van der Waals surface area contributed by atoms with Gasteiger partial charge in [-0.3, -0.25) is 4.79 Å². The number of imidazole rings is 1. The van der Waals surface area contributed by atoms with Gasteiger partial charge >= 0.3 is 0 Å². The molecule has 0 aliphatic rings. The van der Waals surface area contributed by atoms with E-state index in [1.807, 2.05) is 16.8 Å². The van der Waals surface area contributed by atoms with E-state index < -0.39 is 0 Å². The van der Waals surface area contributed by atoms with Crippen molar-refractivity contribution in [1.29, 1.82) is 0 Å². The number of rotatable bonds is 19. The second-order valence-electron chi connectivity index (χ2n) is 9.34. The molecular formula is C29H37FN10O3. The SMILES string of the molecule is NCCOCCOCCNC(=O)c1cccc(Nc2nc(NCCCn3ccnc3)nc(NCc3ccc(F)cc3)n2)c1. The molecule has 2 heterocycles. The molecule has 0 atom stereocenters. The number of aromatic nitrogens is 5. The zero-order valence-electron chi connectivity index (χ0n) is 23.8. The minimum atomic E-state index is -0.300. The maximum absolute atomic E-state index is 13.3. The number of ether oxygens (including phenoxy) is 2. The fourth-order valence-electron chi connectivity index (χ4n) is 3.87. The number of anilines is 4. The summed E-state index contributed by atoms with van der Waals surface area (Å²) in [7, 11) is 0. The quantitative estimate of drug-likeness (QED) is 0.102. The highest BCUT2D eigenvalue weighted by Crippen LogP contribution is 2.18. The molecule has 14 heteroatoms. The van der Waals surface area contributed by atoms with Gasteiger partial charge in [-0.1, -0.05) is 18.2 Å². The molecule has 0 spiro atoms. The van der Waals surface area contributed by atoms with Gasteiger partial charge in [-0.15, -0.1) is 0 Å². The number of amides is 1. The van der Waals surface area contributed by atoms with E-state index in [2.05, 4.69) is 41.2 Å². The number of hydrogen-bond acceptors (Lipinski definition) is 11. The van der Waals surface area contributed by atoms with Gasteiger partial charge in [0.1, 0.15) is 5.82 Å². The van der Waals surface area contributed by atoms with Gasteiger partial charge in [-0.05, 0) is 42.3 Å². The number of nitrogens with zero attached hydrogens (tertiary/aromatic N) is 5. The first-order valence-corrected chi connectivity index (χ1v) is 14.0. The fourth-order valence-corrected chi connectivity index (χ4v) is 3.87. The normalized spacial score (nSPS) is 10.8. The average Bonchev–Trinajstić information content (AvgIpc) is 3.54. The van der Waals surface area contributed by atoms with Crippen molar-refractivity contribution in [3.05, 3.63) is 84.2 Å². The van der Waals surface area contributed by atoms with Crippen molar-refractivity contribution in [3.63, 3.8) is 0 Å². The first-order valence-electron chi connectivity index (χ1n) is 14.0. The standard InChI is InChI=1S/C29H37FN10O3/c30-24-7-5-22(6-8-24)20-35-28-37-27(34-10-2-13-40-14-11-32-21-40)38-29(39-28)36-25-4-1-3-23(19-25)26(41)33-12-16-43-18-17-42-15-9-31/h1,3-8,11,14,19,21H,2,9-10,12-13,15-18,20,31H2,(H,33,41)(H3,34,35,36,37,38,39). The van der Waals surface area contributed by atoms with Crippen LogP contribution in [0.2, 0.25) is 0 Å². The minimum Gasteiger partial charge on any atom is -0.378 e. The number of carbonyl (C=O) groups excluding carboxylic acids is 1. The van der Waals surface area contributed by atoms with Gasteiger partial charge in [-0.25, -0.2) is 9.37 Å². The summed E-state index contributed by atoms with van der Waals surface area (Å²) in [5.41, 5.74) is 7.34. The summed E-state index contributed by atoms with van der Waals surface area (Å²) in [6.07, 6.45) is 6.25. The predicted molar refractivity (Wildman–Crippen MR) is 162 cm³/mol. The summed E-state index contributed by atoms with van der Waals surface area (Å²) in [6, 6.07) is 13.2. The van der Waals surface area contributed by atoms with Crippen molar-refractivity contribution < 1.29 is 18.7 Å². The van der Waals surface area contributed by atoms with Crippen molar-refractivity contribution in [1.82, 2.24) is 29.8 Å². The number of benzene rings is 2. The molecule has 0 aliphatic carbocycles. The highest BCUT2D eigenvalue weighted by molar-refractivity contribution is 5.95. The third-order valence-corrected chi connectivity index (χ3v) is 5.98. The molecular weight excluding hydrogens is 555 g/mol. The molecule has 0 radical (unpaired) electrons. The number of nitrogens with two attached hydrogens (primary N) is 1. The van der Waals surface area contributed by atoms with Gasteiger partial charge in [0.2, 0.25) is 17.8 Å². The largest absolute Gasteiger partial charge is 0.378 e. The number of aryl methyl sites for hydroxylation is 1. The van der Waals surface area contributed by atoms with E-state index in [4.69, 9.17) is 15.2 Å². The summed E-state index contributed by atoms with van der Waals surface area (Å²) in [5, 5.41) is 12.4. The van der Waals surface area contributed by atoms with Crippen LogP contribution in [0.25, 0.3) is 0 Å². The zero-order chi connectivity index (χ0) is 30.1. The first-order chi connectivity index (χ1) is 21.1. The summed E-state index contributed by atoms with van der Waals surface area (Å²) >= 11 is 0. The van der Waals surface area contributed by atoms with Crippen molar-refractivity contribution in [2.75, 3.05) is 62.0 Å². The van der Waals surface area contributed by atoms with E-state index in [0.717, 1.165) is 18.5 Å². The fraction of sp³-hybridized carbons (Fsp3) is 0.345. The first kappa shape index (κ1) is 31.3. The van der Waals surface area contributed by atoms with Crippen LogP contribution in [-0.2, 0) is 22.6 Å². The second-order valence-corrected chi connectivity index (χ2v) is 9.34. The molecule has 1 amide bonds. The topological polar surface area (TPSA) is 166 Å². The Morgan fingerprint density at radius 1 is 0.907 bits per heavy atom. The Morgan fingerprint density at radius 2 is 1.67 bits per heavy atom. The Labute approximate surface area is 249 Å². The van der Waals surface area contributed by atoms with Gasteiger partial charge in [-0.2, -0.15) is 15.0 Å². The molecule has 4 aromatic rings. The second kappa shape index (κ2) is 17.3. The van der Waals surface area contributed by atoms with E-state index in [1.165, 1.54) is 12.1 Å². The smallest absolute Gasteiger partial charge is 0.251 e. The molecule has 6 N–H and O–H groups in total. The van der Waals surface area contributed by atoms with Crippen molar-refractivity contribution in [2.45, 2.75) is 19.5 Å². The molecule has 4 rings (SSSR count). The molecule has 43 heavy (non-hydrogen) atoms. The van der Waals surface area contributed by atoms with Crippen molar-refractivity contribution >= 4 is 29.4 Å². The number of halogens is 1. The van der Waals surface area contributed by atoms with E-state index in [-0.39, 0.29) is 17.7 Å². The van der Waals surface area contributed by atoms with E-state index in [0.29, 0.717) is 75.8 Å². The highest BCUT2D eigenvalue weighted by Gasteiger charge is 2.10. The molecule has 0 saturated carbocycles. The Bertz CT molecular complexity index is 1390. The number of nitrogens with one attached hydrogen (secondary N) is 4. The summed E-state index contributed by atoms with van der Waals surface area (Å²) in [4.78, 5) is 30.2. The Balaban J connectivity index is 1.35. The molecule has 228 valence electrons. The number of carbonyl (C=O) groups is 1. The highest BCUT2D eigenvalue weighted by atomic mass is 19.1. The van der Waals surface area contributed by atoms with Crippen LogP contribution in [0.3, 0.4) is 0 Å². The molecule has 0 fully saturated rings. The summed E-state index contributed by atoms with van der Waals surface area (Å²) in [5.74, 6) is 0.472. The lowest BCUT2D eigenvalue weighted by Crippen LogP contribution is -2.27. The van der Waals surface area contributed by atoms with Crippen LogP contribution < -0.4 is 27.0 Å². The molecule has 13 nitrogen and oxygen atoms in total. The number of hydrogen-bond donors (Lipinski definition) is 5. The van der Waals surface area contributed by atoms with Gasteiger partial charge in [0.15, 0.2) is 0 Å². The summed E-state index contributed by atoms with van der Waals surface area (Å²) in [6.45, 7) is 4.40. The van der Waals surface area contributed by atoms with Gasteiger partial charge in [0.25, 0.3) is 5.91 Å². The van der Waals surface area contributed by atoms with Crippen LogP contribution >= 0.6 is 0 Å². The molecule has 0 unspecified atom stereocenters. The molecule has 0 bridgehead atoms. The monoisotopic (exact) mass is 592 g/mol. The maximum Gasteiger partial charge on any atom is 0.251 e. The average molecular weight is 593 g/mol.